The summed E-state index contributed by atoms with van der Waals surface area (Å²) >= 11 is 0. The van der Waals surface area contributed by atoms with Gasteiger partial charge in [-0.15, -0.1) is 0 Å². The number of ether oxygens (including phenoxy) is 1. The molecule has 0 aliphatic heterocycles. The van der Waals surface area contributed by atoms with Crippen molar-refractivity contribution in [3.05, 3.63) is 47.0 Å². The molecule has 0 saturated carbocycles. The SMILES string of the molecule is C=CCOC(=O)N(c1ccc([N+](=O)[O-])cc1)C(C)(C)C(=O)O. The summed E-state index contributed by atoms with van der Waals surface area (Å²) in [6.07, 6.45) is 0.459. The second kappa shape index (κ2) is 6.70. The molecule has 0 unspecified atom stereocenters. The van der Waals surface area contributed by atoms with E-state index in [0.717, 1.165) is 4.90 Å². The van der Waals surface area contributed by atoms with Crippen molar-refractivity contribution in [1.82, 2.24) is 0 Å². The van der Waals surface area contributed by atoms with E-state index in [0.29, 0.717) is 0 Å². The van der Waals surface area contributed by atoms with E-state index in [1.165, 1.54) is 44.2 Å². The number of aliphatic carboxylic acids is 1. The van der Waals surface area contributed by atoms with Crippen molar-refractivity contribution < 1.29 is 24.4 Å². The standard InChI is InChI=1S/C14H16N2O6/c1-4-9-22-13(19)15(14(2,3)12(17)18)10-5-7-11(8-6-10)16(20)21/h4-8H,1,9H2,2-3H3,(H,17,18). The molecule has 0 radical (unpaired) electrons. The monoisotopic (exact) mass is 308 g/mol. The lowest BCUT2D eigenvalue weighted by Gasteiger charge is -2.34. The first-order chi connectivity index (χ1) is 10.2. The Morgan fingerprint density at radius 1 is 1.41 bits per heavy atom. The van der Waals surface area contributed by atoms with Crippen LogP contribution >= 0.6 is 0 Å². The van der Waals surface area contributed by atoms with Crippen molar-refractivity contribution in [3.8, 4) is 0 Å². The van der Waals surface area contributed by atoms with Crippen LogP contribution in [0.4, 0.5) is 16.2 Å². The summed E-state index contributed by atoms with van der Waals surface area (Å²) < 4.78 is 4.89. The van der Waals surface area contributed by atoms with Gasteiger partial charge in [0, 0.05) is 17.8 Å². The van der Waals surface area contributed by atoms with Gasteiger partial charge in [-0.3, -0.25) is 15.0 Å². The lowest BCUT2D eigenvalue weighted by Crippen LogP contribution is -2.53. The van der Waals surface area contributed by atoms with Gasteiger partial charge >= 0.3 is 12.1 Å². The molecule has 1 amide bonds. The van der Waals surface area contributed by atoms with Crippen LogP contribution in [0.15, 0.2) is 36.9 Å². The Balaban J connectivity index is 3.25. The lowest BCUT2D eigenvalue weighted by molar-refractivity contribution is -0.384. The van der Waals surface area contributed by atoms with Gasteiger partial charge in [0.25, 0.3) is 5.69 Å². The number of anilines is 1. The van der Waals surface area contributed by atoms with Gasteiger partial charge in [0.1, 0.15) is 12.1 Å². The minimum absolute atomic E-state index is 0.0853. The quantitative estimate of drug-likeness (QED) is 0.491. The fraction of sp³-hybridized carbons (Fsp3) is 0.286. The smallest absolute Gasteiger partial charge is 0.415 e. The van der Waals surface area contributed by atoms with Crippen LogP contribution in [-0.2, 0) is 9.53 Å². The topological polar surface area (TPSA) is 110 Å². The second-order valence-electron chi connectivity index (χ2n) is 4.84. The summed E-state index contributed by atoms with van der Waals surface area (Å²) in [6.45, 7) is 5.97. The van der Waals surface area contributed by atoms with Gasteiger partial charge in [-0.25, -0.2) is 9.59 Å². The number of carboxylic acid groups (broad SMARTS) is 1. The molecule has 0 fully saturated rings. The number of amides is 1. The molecule has 0 bridgehead atoms. The highest BCUT2D eigenvalue weighted by molar-refractivity contribution is 5.97. The number of nitro benzene ring substituents is 1. The van der Waals surface area contributed by atoms with Gasteiger partial charge < -0.3 is 9.84 Å². The molecule has 0 saturated heterocycles. The Bertz CT molecular complexity index is 594. The van der Waals surface area contributed by atoms with E-state index in [1.807, 2.05) is 0 Å². The Labute approximate surface area is 126 Å². The first-order valence-corrected chi connectivity index (χ1v) is 6.27. The van der Waals surface area contributed by atoms with Gasteiger partial charge in [-0.05, 0) is 26.0 Å². The van der Waals surface area contributed by atoms with Crippen LogP contribution in [0.3, 0.4) is 0 Å². The first kappa shape index (κ1) is 17.2. The molecule has 0 aromatic heterocycles. The van der Waals surface area contributed by atoms with E-state index >= 15 is 0 Å². The Morgan fingerprint density at radius 2 is 1.95 bits per heavy atom. The number of nitro groups is 1. The number of hydrogen-bond donors (Lipinski definition) is 1. The van der Waals surface area contributed by atoms with Gasteiger partial charge in [0.2, 0.25) is 0 Å². The van der Waals surface area contributed by atoms with Crippen LogP contribution in [-0.4, -0.2) is 34.2 Å². The van der Waals surface area contributed by atoms with Gasteiger partial charge in [0.15, 0.2) is 0 Å². The number of carbonyl (C=O) groups is 2. The summed E-state index contributed by atoms with van der Waals surface area (Å²) in [5, 5.41) is 20.0. The van der Waals surface area contributed by atoms with Gasteiger partial charge in [-0.2, -0.15) is 0 Å². The average Bonchev–Trinajstić information content (AvgIpc) is 2.45. The normalized spacial score (nSPS) is 10.6. The summed E-state index contributed by atoms with van der Waals surface area (Å²) in [7, 11) is 0. The molecule has 1 aromatic carbocycles. The molecule has 1 rings (SSSR count). The average molecular weight is 308 g/mol. The zero-order chi connectivity index (χ0) is 16.9. The number of non-ortho nitro benzene ring substituents is 1. The minimum Gasteiger partial charge on any atom is -0.480 e. The third-order valence-electron chi connectivity index (χ3n) is 2.91. The van der Waals surface area contributed by atoms with Crippen LogP contribution in [0.25, 0.3) is 0 Å². The van der Waals surface area contributed by atoms with Crippen molar-refractivity contribution in [3.63, 3.8) is 0 Å². The maximum atomic E-state index is 12.1. The maximum absolute atomic E-state index is 12.1. The van der Waals surface area contributed by atoms with Crippen molar-refractivity contribution in [2.75, 3.05) is 11.5 Å². The Morgan fingerprint density at radius 3 is 2.36 bits per heavy atom. The molecule has 8 heteroatoms. The highest BCUT2D eigenvalue weighted by Gasteiger charge is 2.40. The molecule has 0 atom stereocenters. The zero-order valence-corrected chi connectivity index (χ0v) is 12.2. The minimum atomic E-state index is -1.60. The highest BCUT2D eigenvalue weighted by Crippen LogP contribution is 2.27. The lowest BCUT2D eigenvalue weighted by atomic mass is 10.0. The third kappa shape index (κ3) is 3.60. The molecule has 22 heavy (non-hydrogen) atoms. The molecule has 8 nitrogen and oxygen atoms in total. The molecular weight excluding hydrogens is 292 g/mol. The highest BCUT2D eigenvalue weighted by atomic mass is 16.6. The largest absolute Gasteiger partial charge is 0.480 e. The molecule has 118 valence electrons. The number of hydrogen-bond acceptors (Lipinski definition) is 5. The van der Waals surface area contributed by atoms with Crippen LogP contribution < -0.4 is 4.90 Å². The van der Waals surface area contributed by atoms with E-state index in [2.05, 4.69) is 6.58 Å². The summed E-state index contributed by atoms with van der Waals surface area (Å²) in [4.78, 5) is 34.5. The van der Waals surface area contributed by atoms with Gasteiger partial charge in [0.05, 0.1) is 4.92 Å². The number of benzene rings is 1. The van der Waals surface area contributed by atoms with Crippen molar-refractivity contribution in [1.29, 1.82) is 0 Å². The molecule has 0 aliphatic rings. The Hall–Kier alpha value is -2.90. The van der Waals surface area contributed by atoms with Crippen LogP contribution in [0.2, 0.25) is 0 Å². The maximum Gasteiger partial charge on any atom is 0.415 e. The number of nitrogens with zero attached hydrogens (tertiary/aromatic N) is 2. The fourth-order valence-corrected chi connectivity index (χ4v) is 1.67. The first-order valence-electron chi connectivity index (χ1n) is 6.27. The van der Waals surface area contributed by atoms with Crippen molar-refractivity contribution in [2.24, 2.45) is 0 Å². The van der Waals surface area contributed by atoms with E-state index in [-0.39, 0.29) is 18.0 Å². The molecule has 0 spiro atoms. The van der Waals surface area contributed by atoms with E-state index in [9.17, 15) is 24.8 Å². The summed E-state index contributed by atoms with van der Waals surface area (Å²) in [6, 6.07) is 4.94. The molecule has 1 aromatic rings. The molecule has 0 heterocycles. The molecule has 1 N–H and O–H groups in total. The predicted molar refractivity (Wildman–Crippen MR) is 78.8 cm³/mol. The zero-order valence-electron chi connectivity index (χ0n) is 12.2. The van der Waals surface area contributed by atoms with E-state index in [4.69, 9.17) is 4.74 Å². The number of rotatable bonds is 6. The van der Waals surface area contributed by atoms with Crippen LogP contribution in [0, 0.1) is 10.1 Å². The van der Waals surface area contributed by atoms with E-state index in [1.54, 1.807) is 0 Å². The van der Waals surface area contributed by atoms with Crippen molar-refractivity contribution in [2.45, 2.75) is 19.4 Å². The van der Waals surface area contributed by atoms with Crippen molar-refractivity contribution >= 4 is 23.4 Å². The summed E-state index contributed by atoms with van der Waals surface area (Å²) in [5.41, 5.74) is -1.60. The van der Waals surface area contributed by atoms with Crippen LogP contribution in [0.5, 0.6) is 0 Å². The third-order valence-corrected chi connectivity index (χ3v) is 2.91. The predicted octanol–water partition coefficient (Wildman–Crippen LogP) is 2.59. The fourth-order valence-electron chi connectivity index (χ4n) is 1.67. The van der Waals surface area contributed by atoms with Gasteiger partial charge in [-0.1, -0.05) is 12.7 Å². The molecule has 0 aliphatic carbocycles. The second-order valence-corrected chi connectivity index (χ2v) is 4.84. The summed E-state index contributed by atoms with van der Waals surface area (Å²) in [5.74, 6) is -1.25. The number of carbonyl (C=O) groups excluding carboxylic acids is 1. The molecular formula is C14H16N2O6. The van der Waals surface area contributed by atoms with E-state index < -0.39 is 22.5 Å². The van der Waals surface area contributed by atoms with Crippen LogP contribution in [0.1, 0.15) is 13.8 Å². The number of carboxylic acids is 1. The Kier molecular flexibility index (Phi) is 5.23.